The molecule has 0 aliphatic carbocycles. The van der Waals surface area contributed by atoms with E-state index in [1.165, 1.54) is 13.8 Å². The van der Waals surface area contributed by atoms with Gasteiger partial charge in [-0.3, -0.25) is 19.2 Å². The van der Waals surface area contributed by atoms with Crippen LogP contribution in [0.5, 0.6) is 0 Å². The lowest BCUT2D eigenvalue weighted by molar-refractivity contribution is -0.226. The number of hydrogen-bond donors (Lipinski definition) is 0. The number of hydrogen-bond acceptors (Lipinski definition) is 7. The SMILES string of the molecule is CC(=O)OC(OC(C)=O)[C@]12C=C[C@@H](O1)[C@@H]1C(=O)N(c3ccc(C)c(C)c3)C(=O)[C@@H]12. The quantitative estimate of drug-likeness (QED) is 0.328. The predicted molar refractivity (Wildman–Crippen MR) is 99.5 cm³/mol. The van der Waals surface area contributed by atoms with E-state index in [2.05, 4.69) is 0 Å². The van der Waals surface area contributed by atoms with Crippen molar-refractivity contribution in [3.05, 3.63) is 41.5 Å². The Hall–Kier alpha value is -3.00. The van der Waals surface area contributed by atoms with Crippen molar-refractivity contribution in [2.75, 3.05) is 4.90 Å². The Morgan fingerprint density at radius 1 is 1.07 bits per heavy atom. The lowest BCUT2D eigenvalue weighted by Gasteiger charge is -2.34. The number of aryl methyl sites for hydroxylation is 2. The number of anilines is 1. The van der Waals surface area contributed by atoms with Gasteiger partial charge >= 0.3 is 11.9 Å². The van der Waals surface area contributed by atoms with E-state index in [0.717, 1.165) is 16.0 Å². The fourth-order valence-electron chi connectivity index (χ4n) is 4.34. The number of esters is 2. The predicted octanol–water partition coefficient (Wildman–Crippen LogP) is 1.57. The van der Waals surface area contributed by atoms with Gasteiger partial charge < -0.3 is 14.2 Å². The normalized spacial score (nSPS) is 29.6. The van der Waals surface area contributed by atoms with Gasteiger partial charge in [-0.2, -0.15) is 0 Å². The van der Waals surface area contributed by atoms with Crippen LogP contribution in [-0.2, 0) is 33.4 Å². The molecule has 0 aromatic heterocycles. The molecule has 0 spiro atoms. The van der Waals surface area contributed by atoms with E-state index in [1.807, 2.05) is 19.9 Å². The molecule has 3 aliphatic heterocycles. The fourth-order valence-corrected chi connectivity index (χ4v) is 4.34. The van der Waals surface area contributed by atoms with Crippen LogP contribution >= 0.6 is 0 Å². The molecule has 4 atom stereocenters. The van der Waals surface area contributed by atoms with Gasteiger partial charge in [-0.05, 0) is 43.2 Å². The summed E-state index contributed by atoms with van der Waals surface area (Å²) in [6.07, 6.45) is 1.08. The number of nitrogens with zero attached hydrogens (tertiary/aromatic N) is 1. The fraction of sp³-hybridized carbons (Fsp3) is 0.429. The number of benzene rings is 1. The molecule has 1 aromatic carbocycles. The van der Waals surface area contributed by atoms with Crippen molar-refractivity contribution in [2.24, 2.45) is 11.8 Å². The number of carbonyl (C=O) groups excluding carboxylic acids is 4. The first kappa shape index (κ1) is 19.3. The van der Waals surface area contributed by atoms with Crippen LogP contribution in [0.1, 0.15) is 25.0 Å². The van der Waals surface area contributed by atoms with Crippen LogP contribution in [-0.4, -0.2) is 41.7 Å². The van der Waals surface area contributed by atoms with Crippen LogP contribution in [0.25, 0.3) is 0 Å². The second kappa shape index (κ2) is 6.52. The summed E-state index contributed by atoms with van der Waals surface area (Å²) in [5.74, 6) is -3.99. The van der Waals surface area contributed by atoms with Gasteiger partial charge in [0.1, 0.15) is 0 Å². The molecule has 8 nitrogen and oxygen atoms in total. The average molecular weight is 399 g/mol. The van der Waals surface area contributed by atoms with Crippen molar-refractivity contribution in [3.63, 3.8) is 0 Å². The smallest absolute Gasteiger partial charge is 0.305 e. The number of rotatable bonds is 4. The topological polar surface area (TPSA) is 99.2 Å². The lowest BCUT2D eigenvalue weighted by atomic mass is 9.76. The minimum atomic E-state index is -1.53. The summed E-state index contributed by atoms with van der Waals surface area (Å²) in [5.41, 5.74) is 0.932. The highest BCUT2D eigenvalue weighted by Crippen LogP contribution is 2.54. The summed E-state index contributed by atoms with van der Waals surface area (Å²) in [6.45, 7) is 6.17. The van der Waals surface area contributed by atoms with E-state index in [4.69, 9.17) is 14.2 Å². The zero-order chi connectivity index (χ0) is 21.1. The van der Waals surface area contributed by atoms with Crippen LogP contribution in [0.4, 0.5) is 5.69 Å². The molecule has 1 aromatic rings. The van der Waals surface area contributed by atoms with Crippen molar-refractivity contribution in [3.8, 4) is 0 Å². The molecule has 3 aliphatic rings. The number of fused-ring (bicyclic) bond motifs is 5. The molecule has 4 rings (SSSR count). The van der Waals surface area contributed by atoms with Crippen molar-refractivity contribution < 1.29 is 33.4 Å². The first-order valence-electron chi connectivity index (χ1n) is 9.32. The second-order valence-corrected chi connectivity index (χ2v) is 7.63. The molecule has 3 heterocycles. The first-order valence-corrected chi connectivity index (χ1v) is 9.32. The minimum absolute atomic E-state index is 0.385. The van der Waals surface area contributed by atoms with Crippen molar-refractivity contribution >= 4 is 29.4 Å². The Kier molecular flexibility index (Phi) is 4.34. The Bertz CT molecular complexity index is 952. The average Bonchev–Trinajstić information content (AvgIpc) is 3.28. The second-order valence-electron chi connectivity index (χ2n) is 7.63. The highest BCUT2D eigenvalue weighted by molar-refractivity contribution is 6.23. The van der Waals surface area contributed by atoms with Gasteiger partial charge in [0.2, 0.25) is 11.8 Å². The Balaban J connectivity index is 1.75. The third-order valence-corrected chi connectivity index (χ3v) is 5.74. The summed E-state index contributed by atoms with van der Waals surface area (Å²) >= 11 is 0. The minimum Gasteiger partial charge on any atom is -0.422 e. The molecule has 2 saturated heterocycles. The number of imide groups is 1. The molecule has 2 amide bonds. The molecular weight excluding hydrogens is 378 g/mol. The van der Waals surface area contributed by atoms with Crippen LogP contribution in [0.3, 0.4) is 0 Å². The lowest BCUT2D eigenvalue weighted by Crippen LogP contribution is -2.52. The van der Waals surface area contributed by atoms with Crippen molar-refractivity contribution in [1.82, 2.24) is 0 Å². The number of amides is 2. The van der Waals surface area contributed by atoms with E-state index < -0.39 is 47.7 Å². The zero-order valence-electron chi connectivity index (χ0n) is 16.5. The van der Waals surface area contributed by atoms with E-state index in [-0.39, 0.29) is 5.91 Å². The van der Waals surface area contributed by atoms with E-state index >= 15 is 0 Å². The largest absolute Gasteiger partial charge is 0.422 e. The van der Waals surface area contributed by atoms with Gasteiger partial charge in [0.25, 0.3) is 6.29 Å². The van der Waals surface area contributed by atoms with Gasteiger partial charge in [0.05, 0.1) is 23.6 Å². The standard InChI is InChI=1S/C21H21NO7/c1-10-5-6-14(9-11(10)2)22-18(25)16-15-7-8-21(29-15,17(16)19(22)26)20(27-12(3)23)28-13(4)24/h5-9,15-17,20H,1-4H3/t15-,16+,17-,21-/m1/s1. The molecule has 29 heavy (non-hydrogen) atoms. The van der Waals surface area contributed by atoms with Gasteiger partial charge in [-0.25, -0.2) is 4.90 Å². The van der Waals surface area contributed by atoms with Gasteiger partial charge in [-0.1, -0.05) is 12.1 Å². The maximum absolute atomic E-state index is 13.4. The maximum atomic E-state index is 13.4. The van der Waals surface area contributed by atoms with E-state index in [0.29, 0.717) is 5.69 Å². The van der Waals surface area contributed by atoms with E-state index in [1.54, 1.807) is 24.3 Å². The molecule has 152 valence electrons. The van der Waals surface area contributed by atoms with Crippen molar-refractivity contribution in [1.29, 1.82) is 0 Å². The summed E-state index contributed by atoms with van der Waals surface area (Å²) in [5, 5.41) is 0. The monoisotopic (exact) mass is 399 g/mol. The highest BCUT2D eigenvalue weighted by atomic mass is 16.7. The maximum Gasteiger partial charge on any atom is 0.305 e. The highest BCUT2D eigenvalue weighted by Gasteiger charge is 2.72. The molecule has 0 saturated carbocycles. The van der Waals surface area contributed by atoms with Crippen LogP contribution in [0.2, 0.25) is 0 Å². The molecular formula is C21H21NO7. The van der Waals surface area contributed by atoms with Crippen molar-refractivity contribution in [2.45, 2.75) is 45.7 Å². The van der Waals surface area contributed by atoms with Crippen LogP contribution < -0.4 is 4.90 Å². The molecule has 0 N–H and O–H groups in total. The van der Waals surface area contributed by atoms with Gasteiger partial charge in [0.15, 0.2) is 5.60 Å². The summed E-state index contributed by atoms with van der Waals surface area (Å²) in [4.78, 5) is 50.9. The summed E-state index contributed by atoms with van der Waals surface area (Å²) < 4.78 is 16.3. The third kappa shape index (κ3) is 2.78. The van der Waals surface area contributed by atoms with Gasteiger partial charge in [0, 0.05) is 13.8 Å². The molecule has 8 heteroatoms. The first-order chi connectivity index (χ1) is 13.7. The molecule has 0 radical (unpaired) electrons. The Morgan fingerprint density at radius 2 is 1.72 bits per heavy atom. The number of carbonyl (C=O) groups is 4. The molecule has 0 unspecified atom stereocenters. The number of ether oxygens (including phenoxy) is 3. The van der Waals surface area contributed by atoms with Crippen LogP contribution in [0, 0.1) is 25.7 Å². The Morgan fingerprint density at radius 3 is 2.31 bits per heavy atom. The van der Waals surface area contributed by atoms with Gasteiger partial charge in [-0.15, -0.1) is 0 Å². The third-order valence-electron chi connectivity index (χ3n) is 5.74. The van der Waals surface area contributed by atoms with Crippen LogP contribution in [0.15, 0.2) is 30.4 Å². The summed E-state index contributed by atoms with van der Waals surface area (Å²) in [7, 11) is 0. The Labute approximate surface area is 167 Å². The van der Waals surface area contributed by atoms with E-state index in [9.17, 15) is 19.2 Å². The zero-order valence-corrected chi connectivity index (χ0v) is 16.5. The summed E-state index contributed by atoms with van der Waals surface area (Å²) in [6, 6.07) is 5.35. The molecule has 2 fully saturated rings. The molecule has 2 bridgehead atoms.